The van der Waals surface area contributed by atoms with E-state index < -0.39 is 16.2 Å². The van der Waals surface area contributed by atoms with E-state index in [2.05, 4.69) is 9.59 Å². The summed E-state index contributed by atoms with van der Waals surface area (Å²) in [6.07, 6.45) is 1.44. The Hall–Kier alpha value is -2.29. The minimum Gasteiger partial charge on any atom is -0.388 e. The van der Waals surface area contributed by atoms with Crippen molar-refractivity contribution < 1.29 is 4.92 Å². The summed E-state index contributed by atoms with van der Waals surface area (Å²) in [6.45, 7) is 0.0723. The highest BCUT2D eigenvalue weighted by molar-refractivity contribution is 7.09. The summed E-state index contributed by atoms with van der Waals surface area (Å²) in [7, 11) is 0. The van der Waals surface area contributed by atoms with Gasteiger partial charge in [-0.3, -0.25) is 14.9 Å². The van der Waals surface area contributed by atoms with Crippen molar-refractivity contribution in [1.29, 1.82) is 0 Å². The molecular formula is C8H7N5O3S. The standard InChI is InChI=1S/C8H7N5O3S/c9-7-5(10-11-17-7)4-12-3-1-2-6(8(12)14)13(15)16/h1-3H,4,9H2. The van der Waals surface area contributed by atoms with Gasteiger partial charge >= 0.3 is 11.2 Å². The number of anilines is 1. The van der Waals surface area contributed by atoms with Crippen molar-refractivity contribution in [3.8, 4) is 0 Å². The fraction of sp³-hybridized carbons (Fsp3) is 0.125. The van der Waals surface area contributed by atoms with E-state index in [1.54, 1.807) is 0 Å². The van der Waals surface area contributed by atoms with Gasteiger partial charge in [0.1, 0.15) is 10.7 Å². The average Bonchev–Trinajstić information content (AvgIpc) is 2.67. The van der Waals surface area contributed by atoms with E-state index in [0.717, 1.165) is 17.6 Å². The zero-order valence-electron chi connectivity index (χ0n) is 8.44. The molecule has 2 aromatic heterocycles. The second kappa shape index (κ2) is 4.29. The maximum atomic E-state index is 11.7. The molecule has 0 amide bonds. The van der Waals surface area contributed by atoms with Crippen LogP contribution in [0.4, 0.5) is 10.7 Å². The van der Waals surface area contributed by atoms with Gasteiger partial charge in [0.05, 0.1) is 11.5 Å². The number of nitrogen functional groups attached to an aromatic ring is 1. The van der Waals surface area contributed by atoms with Gasteiger partial charge in [0.15, 0.2) is 0 Å². The zero-order valence-corrected chi connectivity index (χ0v) is 9.25. The highest BCUT2D eigenvalue weighted by Gasteiger charge is 2.15. The first-order valence-corrected chi connectivity index (χ1v) is 5.27. The first kappa shape index (κ1) is 11.2. The maximum Gasteiger partial charge on any atom is 0.334 e. The Morgan fingerprint density at radius 2 is 2.35 bits per heavy atom. The molecule has 0 spiro atoms. The van der Waals surface area contributed by atoms with Crippen molar-refractivity contribution in [2.24, 2.45) is 0 Å². The first-order valence-electron chi connectivity index (χ1n) is 4.50. The van der Waals surface area contributed by atoms with Gasteiger partial charge in [-0.25, -0.2) is 0 Å². The Morgan fingerprint density at radius 3 is 2.94 bits per heavy atom. The van der Waals surface area contributed by atoms with Crippen LogP contribution in [-0.2, 0) is 6.54 Å². The zero-order chi connectivity index (χ0) is 12.4. The Morgan fingerprint density at radius 1 is 1.59 bits per heavy atom. The van der Waals surface area contributed by atoms with Crippen molar-refractivity contribution in [1.82, 2.24) is 14.2 Å². The Labute approximate surface area is 98.6 Å². The summed E-state index contributed by atoms with van der Waals surface area (Å²) in [6, 6.07) is 2.58. The summed E-state index contributed by atoms with van der Waals surface area (Å²) in [5.74, 6) is 0. The quantitative estimate of drug-likeness (QED) is 0.618. The van der Waals surface area contributed by atoms with Gasteiger partial charge < -0.3 is 10.3 Å². The summed E-state index contributed by atoms with van der Waals surface area (Å²) < 4.78 is 4.79. The summed E-state index contributed by atoms with van der Waals surface area (Å²) in [5, 5.41) is 14.7. The van der Waals surface area contributed by atoms with Crippen LogP contribution in [0.2, 0.25) is 0 Å². The third kappa shape index (κ3) is 2.13. The molecule has 0 saturated carbocycles. The van der Waals surface area contributed by atoms with Gasteiger partial charge in [-0.1, -0.05) is 4.49 Å². The molecular weight excluding hydrogens is 246 g/mol. The van der Waals surface area contributed by atoms with E-state index in [4.69, 9.17) is 5.73 Å². The molecule has 2 rings (SSSR count). The summed E-state index contributed by atoms with van der Waals surface area (Å²) in [4.78, 5) is 21.5. The molecule has 0 bridgehead atoms. The van der Waals surface area contributed by atoms with E-state index in [-0.39, 0.29) is 6.54 Å². The van der Waals surface area contributed by atoms with E-state index in [1.807, 2.05) is 0 Å². The molecule has 2 aromatic rings. The first-order chi connectivity index (χ1) is 8.09. The van der Waals surface area contributed by atoms with Crippen LogP contribution < -0.4 is 11.3 Å². The van der Waals surface area contributed by atoms with Crippen LogP contribution in [0.3, 0.4) is 0 Å². The molecule has 2 heterocycles. The van der Waals surface area contributed by atoms with Gasteiger partial charge in [0.2, 0.25) is 0 Å². The van der Waals surface area contributed by atoms with Gasteiger partial charge in [0, 0.05) is 23.8 Å². The Balaban J connectivity index is 2.41. The highest BCUT2D eigenvalue weighted by Crippen LogP contribution is 2.13. The number of nitrogens with two attached hydrogens (primary N) is 1. The van der Waals surface area contributed by atoms with Crippen LogP contribution in [0.5, 0.6) is 0 Å². The lowest BCUT2D eigenvalue weighted by atomic mass is 10.4. The van der Waals surface area contributed by atoms with Crippen LogP contribution in [-0.4, -0.2) is 19.1 Å². The fourth-order valence-corrected chi connectivity index (χ4v) is 1.71. The lowest BCUT2D eigenvalue weighted by molar-refractivity contribution is -0.386. The molecule has 0 radical (unpaired) electrons. The largest absolute Gasteiger partial charge is 0.388 e. The average molecular weight is 253 g/mol. The molecule has 9 heteroatoms. The Kier molecular flexibility index (Phi) is 2.83. The second-order valence-electron chi connectivity index (χ2n) is 3.17. The van der Waals surface area contributed by atoms with Crippen molar-refractivity contribution >= 4 is 22.2 Å². The van der Waals surface area contributed by atoms with Gasteiger partial charge in [-0.05, 0) is 6.07 Å². The minimum atomic E-state index is -0.721. The number of hydrogen-bond donors (Lipinski definition) is 1. The van der Waals surface area contributed by atoms with E-state index in [0.29, 0.717) is 10.7 Å². The molecule has 0 fully saturated rings. The van der Waals surface area contributed by atoms with Crippen LogP contribution in [0.1, 0.15) is 5.69 Å². The second-order valence-corrected chi connectivity index (χ2v) is 3.95. The molecule has 0 aromatic carbocycles. The lowest BCUT2D eigenvalue weighted by Crippen LogP contribution is -2.22. The predicted molar refractivity (Wildman–Crippen MR) is 60.8 cm³/mol. The van der Waals surface area contributed by atoms with Gasteiger partial charge in [0.25, 0.3) is 0 Å². The smallest absolute Gasteiger partial charge is 0.334 e. The topological polar surface area (TPSA) is 117 Å². The Bertz CT molecular complexity index is 620. The molecule has 17 heavy (non-hydrogen) atoms. The summed E-state index contributed by atoms with van der Waals surface area (Å²) in [5.41, 5.74) is 4.84. The number of nitro groups is 1. The van der Waals surface area contributed by atoms with Crippen molar-refractivity contribution in [3.05, 3.63) is 44.5 Å². The molecule has 0 unspecified atom stereocenters. The van der Waals surface area contributed by atoms with Crippen LogP contribution in [0.25, 0.3) is 0 Å². The van der Waals surface area contributed by atoms with Crippen molar-refractivity contribution in [2.75, 3.05) is 5.73 Å². The van der Waals surface area contributed by atoms with E-state index in [1.165, 1.54) is 16.8 Å². The number of hydrogen-bond acceptors (Lipinski definition) is 7. The normalized spacial score (nSPS) is 10.4. The molecule has 0 aliphatic carbocycles. The van der Waals surface area contributed by atoms with Crippen LogP contribution in [0.15, 0.2) is 23.1 Å². The van der Waals surface area contributed by atoms with Crippen LogP contribution >= 0.6 is 11.5 Å². The molecule has 0 aliphatic heterocycles. The number of rotatable bonds is 3. The SMILES string of the molecule is Nc1snnc1Cn1cccc([N+](=O)[O-])c1=O. The predicted octanol–water partition coefficient (Wildman–Crippen LogP) is 0.238. The van der Waals surface area contributed by atoms with Crippen molar-refractivity contribution in [3.63, 3.8) is 0 Å². The number of pyridine rings is 1. The minimum absolute atomic E-state index is 0.0723. The van der Waals surface area contributed by atoms with E-state index in [9.17, 15) is 14.9 Å². The fourth-order valence-electron chi connectivity index (χ4n) is 1.27. The molecule has 2 N–H and O–H groups in total. The monoisotopic (exact) mass is 253 g/mol. The third-order valence-electron chi connectivity index (χ3n) is 2.10. The van der Waals surface area contributed by atoms with E-state index >= 15 is 0 Å². The summed E-state index contributed by atoms with van der Waals surface area (Å²) >= 11 is 1.01. The lowest BCUT2D eigenvalue weighted by Gasteiger charge is -2.02. The molecule has 0 aliphatic rings. The number of nitrogens with zero attached hydrogens (tertiary/aromatic N) is 4. The highest BCUT2D eigenvalue weighted by atomic mass is 32.1. The number of aromatic nitrogens is 3. The molecule has 0 saturated heterocycles. The van der Waals surface area contributed by atoms with Gasteiger partial charge in [-0.15, -0.1) is 5.10 Å². The van der Waals surface area contributed by atoms with Gasteiger partial charge in [-0.2, -0.15) is 0 Å². The van der Waals surface area contributed by atoms with Crippen LogP contribution in [0, 0.1) is 10.1 Å². The third-order valence-corrected chi connectivity index (χ3v) is 2.70. The molecule has 0 atom stereocenters. The maximum absolute atomic E-state index is 11.7. The van der Waals surface area contributed by atoms with Crippen molar-refractivity contribution in [2.45, 2.75) is 6.54 Å². The molecule has 8 nitrogen and oxygen atoms in total. The molecule has 88 valence electrons.